The molecule has 0 fully saturated rings. The molecule has 2 amide bonds. The number of para-hydroxylation sites is 1. The van der Waals surface area contributed by atoms with Gasteiger partial charge in [0.05, 0.1) is 5.69 Å². The van der Waals surface area contributed by atoms with Crippen LogP contribution in [-0.4, -0.2) is 17.6 Å². The van der Waals surface area contributed by atoms with Gasteiger partial charge >= 0.3 is 0 Å². The molecule has 1 heterocycles. The summed E-state index contributed by atoms with van der Waals surface area (Å²) in [6.07, 6.45) is 2.67. The lowest BCUT2D eigenvalue weighted by molar-refractivity contribution is -0.120. The molecule has 0 saturated carbocycles. The largest absolute Gasteiger partial charge is 0.300 e. The lowest BCUT2D eigenvalue weighted by Crippen LogP contribution is -2.30. The lowest BCUT2D eigenvalue weighted by Gasteiger charge is -2.17. The molecule has 0 aromatic heterocycles. The van der Waals surface area contributed by atoms with Crippen molar-refractivity contribution in [1.29, 1.82) is 0 Å². The van der Waals surface area contributed by atoms with E-state index >= 15 is 0 Å². The highest BCUT2D eigenvalue weighted by molar-refractivity contribution is 6.28. The van der Waals surface area contributed by atoms with E-state index in [0.717, 1.165) is 4.90 Å². The van der Waals surface area contributed by atoms with Crippen molar-refractivity contribution in [1.82, 2.24) is 0 Å². The van der Waals surface area contributed by atoms with E-state index < -0.39 is 0 Å². The Kier molecular flexibility index (Phi) is 2.87. The van der Waals surface area contributed by atoms with Crippen LogP contribution in [0.15, 0.2) is 36.4 Å². The summed E-state index contributed by atoms with van der Waals surface area (Å²) in [7, 11) is 0. The lowest BCUT2D eigenvalue weighted by atomic mass is 10.1. The molecule has 4 heteroatoms. The molecule has 1 aliphatic heterocycles. The SMILES string of the molecule is CC(=O)Cc1ccccc1N1C(=O)C=CC1=O. The Morgan fingerprint density at radius 2 is 1.71 bits per heavy atom. The van der Waals surface area contributed by atoms with Gasteiger partial charge in [0.1, 0.15) is 5.78 Å². The highest BCUT2D eigenvalue weighted by Crippen LogP contribution is 2.24. The molecule has 1 aliphatic rings. The van der Waals surface area contributed by atoms with Crippen molar-refractivity contribution < 1.29 is 14.4 Å². The monoisotopic (exact) mass is 229 g/mol. The van der Waals surface area contributed by atoms with Crippen LogP contribution in [0, 0.1) is 0 Å². The van der Waals surface area contributed by atoms with Gasteiger partial charge in [-0.1, -0.05) is 18.2 Å². The van der Waals surface area contributed by atoms with Crippen molar-refractivity contribution >= 4 is 23.3 Å². The second-order valence-corrected chi connectivity index (χ2v) is 3.85. The van der Waals surface area contributed by atoms with Crippen molar-refractivity contribution in [2.24, 2.45) is 0 Å². The van der Waals surface area contributed by atoms with Gasteiger partial charge in [0.15, 0.2) is 0 Å². The van der Waals surface area contributed by atoms with Gasteiger partial charge in [0, 0.05) is 18.6 Å². The third-order valence-corrected chi connectivity index (χ3v) is 2.48. The van der Waals surface area contributed by atoms with Crippen LogP contribution in [0.25, 0.3) is 0 Å². The third-order valence-electron chi connectivity index (χ3n) is 2.48. The smallest absolute Gasteiger partial charge is 0.258 e. The van der Waals surface area contributed by atoms with Gasteiger partial charge in [-0.15, -0.1) is 0 Å². The molecule has 17 heavy (non-hydrogen) atoms. The number of nitrogens with zero attached hydrogens (tertiary/aromatic N) is 1. The summed E-state index contributed by atoms with van der Waals surface area (Å²) < 4.78 is 0. The maximum atomic E-state index is 11.6. The van der Waals surface area contributed by atoms with Crippen molar-refractivity contribution in [3.8, 4) is 0 Å². The van der Waals surface area contributed by atoms with Crippen LogP contribution in [0.5, 0.6) is 0 Å². The molecular weight excluding hydrogens is 218 g/mol. The highest BCUT2D eigenvalue weighted by atomic mass is 16.2. The Balaban J connectivity index is 2.41. The van der Waals surface area contributed by atoms with Crippen molar-refractivity contribution in [3.05, 3.63) is 42.0 Å². The van der Waals surface area contributed by atoms with Gasteiger partial charge in [0.2, 0.25) is 0 Å². The third kappa shape index (κ3) is 2.15. The minimum absolute atomic E-state index is 0.00972. The minimum Gasteiger partial charge on any atom is -0.300 e. The number of carbonyl (C=O) groups is 3. The van der Waals surface area contributed by atoms with Crippen LogP contribution in [0.1, 0.15) is 12.5 Å². The van der Waals surface area contributed by atoms with Crippen molar-refractivity contribution in [2.75, 3.05) is 4.90 Å². The van der Waals surface area contributed by atoms with Crippen molar-refractivity contribution in [2.45, 2.75) is 13.3 Å². The van der Waals surface area contributed by atoms with E-state index in [2.05, 4.69) is 0 Å². The molecule has 0 spiro atoms. The minimum atomic E-state index is -0.369. The summed E-state index contributed by atoms with van der Waals surface area (Å²) in [5.41, 5.74) is 1.17. The highest BCUT2D eigenvalue weighted by Gasteiger charge is 2.26. The van der Waals surface area contributed by atoms with E-state index in [0.29, 0.717) is 11.3 Å². The van der Waals surface area contributed by atoms with E-state index in [4.69, 9.17) is 0 Å². The fourth-order valence-corrected chi connectivity index (χ4v) is 1.78. The first kappa shape index (κ1) is 11.3. The summed E-state index contributed by atoms with van der Waals surface area (Å²) in [4.78, 5) is 35.3. The Morgan fingerprint density at radius 3 is 2.29 bits per heavy atom. The van der Waals surface area contributed by atoms with Crippen molar-refractivity contribution in [3.63, 3.8) is 0 Å². The standard InChI is InChI=1S/C13H11NO3/c1-9(15)8-10-4-2-3-5-11(10)14-12(16)6-7-13(14)17/h2-7H,8H2,1H3. The van der Waals surface area contributed by atoms with Crippen LogP contribution < -0.4 is 4.90 Å². The van der Waals surface area contributed by atoms with Crippen LogP contribution in [-0.2, 0) is 20.8 Å². The van der Waals surface area contributed by atoms with E-state index in [1.807, 2.05) is 0 Å². The molecule has 4 nitrogen and oxygen atoms in total. The van der Waals surface area contributed by atoms with Gasteiger partial charge in [0.25, 0.3) is 11.8 Å². The molecule has 86 valence electrons. The zero-order chi connectivity index (χ0) is 12.4. The van der Waals surface area contributed by atoms with Gasteiger partial charge in [-0.3, -0.25) is 14.4 Å². The number of anilines is 1. The Labute approximate surface area is 98.5 Å². The first-order chi connectivity index (χ1) is 8.09. The first-order valence-electron chi connectivity index (χ1n) is 5.23. The molecule has 0 N–H and O–H groups in total. The molecule has 0 aliphatic carbocycles. The molecule has 0 bridgehead atoms. The zero-order valence-corrected chi connectivity index (χ0v) is 9.34. The number of benzene rings is 1. The van der Waals surface area contributed by atoms with Crippen LogP contribution in [0.2, 0.25) is 0 Å². The number of Topliss-reactive ketones (excluding diaryl/α,β-unsaturated/α-hetero) is 1. The number of hydrogen-bond acceptors (Lipinski definition) is 3. The second kappa shape index (κ2) is 4.33. The fourth-order valence-electron chi connectivity index (χ4n) is 1.78. The van der Waals surface area contributed by atoms with E-state index in [1.165, 1.54) is 19.1 Å². The van der Waals surface area contributed by atoms with E-state index in [-0.39, 0.29) is 24.0 Å². The molecule has 1 aromatic carbocycles. The second-order valence-electron chi connectivity index (χ2n) is 3.85. The Bertz CT molecular complexity index is 513. The number of rotatable bonds is 3. The molecule has 0 unspecified atom stereocenters. The van der Waals surface area contributed by atoms with Crippen LogP contribution in [0.4, 0.5) is 5.69 Å². The van der Waals surface area contributed by atoms with Gasteiger partial charge < -0.3 is 0 Å². The molecule has 0 atom stereocenters. The summed E-state index contributed by atoms with van der Waals surface area (Å²) >= 11 is 0. The molecule has 0 saturated heterocycles. The summed E-state index contributed by atoms with van der Waals surface area (Å²) in [6.45, 7) is 1.47. The first-order valence-corrected chi connectivity index (χ1v) is 5.23. The predicted octanol–water partition coefficient (Wildman–Crippen LogP) is 1.25. The number of hydrogen-bond donors (Lipinski definition) is 0. The predicted molar refractivity (Wildman–Crippen MR) is 62.5 cm³/mol. The van der Waals surface area contributed by atoms with E-state index in [1.54, 1.807) is 24.3 Å². The maximum absolute atomic E-state index is 11.6. The zero-order valence-electron chi connectivity index (χ0n) is 9.34. The number of amides is 2. The summed E-state index contributed by atoms with van der Waals surface area (Å²) in [6, 6.07) is 6.93. The van der Waals surface area contributed by atoms with Gasteiger partial charge in [-0.05, 0) is 18.6 Å². The molecular formula is C13H11NO3. The van der Waals surface area contributed by atoms with Crippen LogP contribution >= 0.6 is 0 Å². The average molecular weight is 229 g/mol. The maximum Gasteiger partial charge on any atom is 0.258 e. The topological polar surface area (TPSA) is 54.5 Å². The molecule has 0 radical (unpaired) electrons. The fraction of sp³-hybridized carbons (Fsp3) is 0.154. The quantitative estimate of drug-likeness (QED) is 0.733. The summed E-state index contributed by atoms with van der Waals surface area (Å²) in [5.74, 6) is -0.749. The number of ketones is 1. The van der Waals surface area contributed by atoms with E-state index in [9.17, 15) is 14.4 Å². The average Bonchev–Trinajstić information content (AvgIpc) is 2.59. The molecule has 2 rings (SSSR count). The van der Waals surface area contributed by atoms with Crippen LogP contribution in [0.3, 0.4) is 0 Å². The number of carbonyl (C=O) groups excluding carboxylic acids is 3. The Morgan fingerprint density at radius 1 is 1.12 bits per heavy atom. The number of imide groups is 1. The van der Waals surface area contributed by atoms with Gasteiger partial charge in [-0.2, -0.15) is 0 Å². The molecule has 1 aromatic rings. The normalized spacial score (nSPS) is 14.5. The summed E-state index contributed by atoms with van der Waals surface area (Å²) in [5, 5.41) is 0. The Hall–Kier alpha value is -2.23. The van der Waals surface area contributed by atoms with Gasteiger partial charge in [-0.25, -0.2) is 4.90 Å².